The quantitative estimate of drug-likeness (QED) is 0.458. The van der Waals surface area contributed by atoms with Crippen LogP contribution in [-0.2, 0) is 26.6 Å². The topological polar surface area (TPSA) is 57.5 Å². The number of hydrogen-bond donors (Lipinski definition) is 2. The summed E-state index contributed by atoms with van der Waals surface area (Å²) in [6.07, 6.45) is 1.13. The highest BCUT2D eigenvalue weighted by Gasteiger charge is 2.25. The van der Waals surface area contributed by atoms with Gasteiger partial charge in [-0.3, -0.25) is 14.6 Å². The van der Waals surface area contributed by atoms with Gasteiger partial charge >= 0.3 is 0 Å². The summed E-state index contributed by atoms with van der Waals surface area (Å²) in [5, 5.41) is 13.8. The molecule has 2 aromatic heterocycles. The summed E-state index contributed by atoms with van der Waals surface area (Å²) in [7, 11) is 3.81. The van der Waals surface area contributed by atoms with E-state index < -0.39 is 0 Å². The molecule has 6 nitrogen and oxygen atoms in total. The minimum atomic E-state index is 0.287. The number of aryl methyl sites for hydroxylation is 2. The van der Waals surface area contributed by atoms with Crippen molar-refractivity contribution in [2.45, 2.75) is 39.4 Å². The Labute approximate surface area is 189 Å². The number of hydrogen-bond acceptors (Lipinski definition) is 4. The molecule has 0 radical (unpaired) electrons. The molecule has 1 aliphatic rings. The molecule has 4 rings (SSSR count). The third kappa shape index (κ3) is 4.83. The maximum atomic E-state index is 4.51. The first-order valence-electron chi connectivity index (χ1n) is 10.8. The smallest absolute Gasteiger partial charge is 0.191 e. The van der Waals surface area contributed by atoms with E-state index in [1.54, 1.807) is 0 Å². The Bertz CT molecular complexity index is 1040. The molecule has 0 fully saturated rings. The number of rotatable bonds is 6. The zero-order valence-electron chi connectivity index (χ0n) is 18.9. The van der Waals surface area contributed by atoms with Crippen molar-refractivity contribution in [1.29, 1.82) is 0 Å². The summed E-state index contributed by atoms with van der Waals surface area (Å²) in [6.45, 7) is 7.75. The lowest BCUT2D eigenvalue weighted by molar-refractivity contribution is 0.181. The Balaban J connectivity index is 1.44. The van der Waals surface area contributed by atoms with Crippen LogP contribution in [0.1, 0.15) is 39.0 Å². The van der Waals surface area contributed by atoms with Crippen molar-refractivity contribution in [1.82, 2.24) is 25.3 Å². The minimum absolute atomic E-state index is 0.287. The number of guanidine groups is 1. The molecule has 0 saturated heterocycles. The molecule has 164 valence electrons. The van der Waals surface area contributed by atoms with Crippen LogP contribution in [0.15, 0.2) is 46.8 Å². The van der Waals surface area contributed by atoms with E-state index in [0.717, 1.165) is 37.7 Å². The average Bonchev–Trinajstić information content (AvgIpc) is 3.35. The molecule has 1 aliphatic heterocycles. The van der Waals surface area contributed by atoms with Gasteiger partial charge < -0.3 is 10.6 Å². The van der Waals surface area contributed by atoms with Gasteiger partial charge in [-0.2, -0.15) is 5.10 Å². The molecule has 1 atom stereocenters. The third-order valence-electron chi connectivity index (χ3n) is 6.24. The molecule has 3 heterocycles. The fourth-order valence-corrected chi connectivity index (χ4v) is 5.22. The molecule has 31 heavy (non-hydrogen) atoms. The van der Waals surface area contributed by atoms with Crippen LogP contribution in [0.25, 0.3) is 0 Å². The van der Waals surface area contributed by atoms with Gasteiger partial charge in [0.05, 0.1) is 11.7 Å². The Kier molecular flexibility index (Phi) is 6.73. The summed E-state index contributed by atoms with van der Waals surface area (Å²) < 4.78 is 1.93. The van der Waals surface area contributed by atoms with Gasteiger partial charge in [-0.25, -0.2) is 0 Å². The first-order valence-corrected chi connectivity index (χ1v) is 11.7. The van der Waals surface area contributed by atoms with E-state index in [1.807, 2.05) is 30.1 Å². The van der Waals surface area contributed by atoms with Gasteiger partial charge in [0.15, 0.2) is 5.96 Å². The number of aromatic nitrogens is 2. The average molecular weight is 437 g/mol. The lowest BCUT2D eigenvalue weighted by Gasteiger charge is -2.35. The van der Waals surface area contributed by atoms with Gasteiger partial charge in [-0.15, -0.1) is 11.3 Å². The fraction of sp³-hybridized carbons (Fsp3) is 0.417. The molecule has 0 aliphatic carbocycles. The van der Waals surface area contributed by atoms with Crippen molar-refractivity contribution in [2.75, 3.05) is 20.1 Å². The van der Waals surface area contributed by atoms with E-state index in [-0.39, 0.29) is 6.04 Å². The molecule has 3 aromatic rings. The van der Waals surface area contributed by atoms with Crippen molar-refractivity contribution in [3.05, 3.63) is 74.7 Å². The van der Waals surface area contributed by atoms with Crippen molar-refractivity contribution >= 4 is 17.3 Å². The first kappa shape index (κ1) is 21.6. The van der Waals surface area contributed by atoms with Crippen LogP contribution in [0, 0.1) is 13.8 Å². The zero-order valence-corrected chi connectivity index (χ0v) is 19.7. The van der Waals surface area contributed by atoms with Crippen molar-refractivity contribution in [2.24, 2.45) is 12.0 Å². The molecule has 0 spiro atoms. The second-order valence-electron chi connectivity index (χ2n) is 8.10. The van der Waals surface area contributed by atoms with Crippen LogP contribution in [0.2, 0.25) is 0 Å². The Morgan fingerprint density at radius 1 is 1.19 bits per heavy atom. The molecule has 0 amide bonds. The molecule has 1 aromatic carbocycles. The highest BCUT2D eigenvalue weighted by molar-refractivity contribution is 7.10. The van der Waals surface area contributed by atoms with Crippen molar-refractivity contribution in [3.63, 3.8) is 0 Å². The Hall–Kier alpha value is -2.64. The standard InChI is InChI=1S/C24H32N6S/c1-17-21(18(2)29(4)28-17)14-26-24(25-3)27-15-22(19-8-6-5-7-9-19)30-12-10-23-20(16-30)11-13-31-23/h5-9,11,13,22H,10,12,14-16H2,1-4H3,(H2,25,26,27). The van der Waals surface area contributed by atoms with Crippen LogP contribution in [0.3, 0.4) is 0 Å². The van der Waals surface area contributed by atoms with E-state index in [2.05, 4.69) is 81.3 Å². The SMILES string of the molecule is CN=C(NCc1c(C)nn(C)c1C)NCC(c1ccccc1)N1CCc2sccc2C1. The number of fused-ring (bicyclic) bond motifs is 1. The van der Waals surface area contributed by atoms with Crippen LogP contribution >= 0.6 is 11.3 Å². The molecule has 1 unspecified atom stereocenters. The lowest BCUT2D eigenvalue weighted by Crippen LogP contribution is -2.44. The summed E-state index contributed by atoms with van der Waals surface area (Å²) >= 11 is 1.89. The molecule has 2 N–H and O–H groups in total. The van der Waals surface area contributed by atoms with Crippen LogP contribution in [0.5, 0.6) is 0 Å². The predicted molar refractivity (Wildman–Crippen MR) is 128 cm³/mol. The normalized spacial score (nSPS) is 15.5. The highest BCUT2D eigenvalue weighted by atomic mass is 32.1. The lowest BCUT2D eigenvalue weighted by atomic mass is 10.0. The fourth-order valence-electron chi connectivity index (χ4n) is 4.33. The Morgan fingerprint density at radius 3 is 2.71 bits per heavy atom. The largest absolute Gasteiger partial charge is 0.354 e. The van der Waals surface area contributed by atoms with E-state index in [1.165, 1.54) is 27.3 Å². The number of nitrogens with one attached hydrogen (secondary N) is 2. The van der Waals surface area contributed by atoms with E-state index in [9.17, 15) is 0 Å². The van der Waals surface area contributed by atoms with Gasteiger partial charge in [0, 0.05) is 56.4 Å². The summed E-state index contributed by atoms with van der Waals surface area (Å²) in [5.41, 5.74) is 6.28. The van der Waals surface area contributed by atoms with Gasteiger partial charge in [0.25, 0.3) is 0 Å². The Morgan fingerprint density at radius 2 is 2.00 bits per heavy atom. The van der Waals surface area contributed by atoms with Gasteiger partial charge in [-0.05, 0) is 42.8 Å². The second-order valence-corrected chi connectivity index (χ2v) is 9.10. The van der Waals surface area contributed by atoms with Crippen LogP contribution in [0.4, 0.5) is 0 Å². The predicted octanol–water partition coefficient (Wildman–Crippen LogP) is 3.56. The zero-order chi connectivity index (χ0) is 21.8. The maximum Gasteiger partial charge on any atom is 0.191 e. The monoisotopic (exact) mass is 436 g/mol. The van der Waals surface area contributed by atoms with Crippen LogP contribution in [-0.4, -0.2) is 40.8 Å². The highest BCUT2D eigenvalue weighted by Crippen LogP contribution is 2.30. The van der Waals surface area contributed by atoms with Gasteiger partial charge in [0.1, 0.15) is 0 Å². The molecule has 0 bridgehead atoms. The van der Waals surface area contributed by atoms with Crippen LogP contribution < -0.4 is 10.6 Å². The minimum Gasteiger partial charge on any atom is -0.354 e. The molecular weight excluding hydrogens is 404 g/mol. The molecule has 7 heteroatoms. The summed E-state index contributed by atoms with van der Waals surface area (Å²) in [5.74, 6) is 0.816. The number of thiophene rings is 1. The molecule has 0 saturated carbocycles. The number of benzene rings is 1. The van der Waals surface area contributed by atoms with E-state index in [4.69, 9.17) is 0 Å². The maximum absolute atomic E-state index is 4.51. The molecular formula is C24H32N6S. The summed E-state index contributed by atoms with van der Waals surface area (Å²) in [4.78, 5) is 8.58. The van der Waals surface area contributed by atoms with E-state index in [0.29, 0.717) is 6.54 Å². The first-order chi connectivity index (χ1) is 15.1. The van der Waals surface area contributed by atoms with Crippen molar-refractivity contribution in [3.8, 4) is 0 Å². The van der Waals surface area contributed by atoms with Crippen molar-refractivity contribution < 1.29 is 0 Å². The van der Waals surface area contributed by atoms with Gasteiger partial charge in [-0.1, -0.05) is 30.3 Å². The van der Waals surface area contributed by atoms with Gasteiger partial charge in [0.2, 0.25) is 0 Å². The third-order valence-corrected chi connectivity index (χ3v) is 7.26. The number of nitrogens with zero attached hydrogens (tertiary/aromatic N) is 4. The summed E-state index contributed by atoms with van der Waals surface area (Å²) in [6, 6.07) is 13.4. The number of aliphatic imine (C=N–C) groups is 1. The van der Waals surface area contributed by atoms with E-state index >= 15 is 0 Å². The second kappa shape index (κ2) is 9.66.